The van der Waals surface area contributed by atoms with E-state index in [2.05, 4.69) is 30.4 Å². The van der Waals surface area contributed by atoms with Crippen LogP contribution in [-0.2, 0) is 0 Å². The summed E-state index contributed by atoms with van der Waals surface area (Å²) in [5.41, 5.74) is 2.61. The Hall–Kier alpha value is -0.530. The molecule has 1 aromatic carbocycles. The summed E-state index contributed by atoms with van der Waals surface area (Å²) in [5, 5.41) is 4.24. The van der Waals surface area contributed by atoms with Crippen molar-refractivity contribution in [3.8, 4) is 0 Å². The van der Waals surface area contributed by atoms with Gasteiger partial charge in [0.1, 0.15) is 0 Å². The van der Waals surface area contributed by atoms with Crippen LogP contribution in [0.4, 0.5) is 0 Å². The molecule has 2 unspecified atom stereocenters. The number of benzene rings is 1. The molecule has 94 valence electrons. The summed E-state index contributed by atoms with van der Waals surface area (Å²) in [5.74, 6) is 1.46. The Kier molecular flexibility index (Phi) is 4.47. The molecule has 0 amide bonds. The van der Waals surface area contributed by atoms with Crippen molar-refractivity contribution in [1.82, 2.24) is 5.32 Å². The van der Waals surface area contributed by atoms with Crippen LogP contribution in [0.2, 0.25) is 5.02 Å². The lowest BCUT2D eigenvalue weighted by Gasteiger charge is -2.32. The molecule has 0 spiro atoms. The molecule has 2 rings (SSSR count). The molecule has 1 saturated carbocycles. The zero-order valence-electron chi connectivity index (χ0n) is 10.8. The molecule has 0 heterocycles. The fourth-order valence-corrected chi connectivity index (χ4v) is 3.18. The van der Waals surface area contributed by atoms with Crippen LogP contribution in [0, 0.1) is 12.8 Å². The molecule has 0 bridgehead atoms. The van der Waals surface area contributed by atoms with Gasteiger partial charge in [-0.2, -0.15) is 0 Å². The van der Waals surface area contributed by atoms with E-state index in [9.17, 15) is 0 Å². The molecule has 2 heteroatoms. The standard InChI is InChI=1S/C15H22ClN/c1-11-7-8-12(9-15(11)16)14-6-4-3-5-13(14)10-17-2/h7-9,13-14,17H,3-6,10H2,1-2H3. The summed E-state index contributed by atoms with van der Waals surface area (Å²) in [7, 11) is 2.05. The first-order valence-corrected chi connectivity index (χ1v) is 7.01. The van der Waals surface area contributed by atoms with Crippen molar-refractivity contribution in [2.24, 2.45) is 5.92 Å². The van der Waals surface area contributed by atoms with E-state index in [0.29, 0.717) is 5.92 Å². The van der Waals surface area contributed by atoms with Gasteiger partial charge >= 0.3 is 0 Å². The summed E-state index contributed by atoms with van der Waals surface area (Å²) in [6.45, 7) is 3.19. The van der Waals surface area contributed by atoms with E-state index in [4.69, 9.17) is 11.6 Å². The molecule has 1 aliphatic rings. The molecule has 1 nitrogen and oxygen atoms in total. The molecule has 2 atom stereocenters. The molecule has 0 saturated heterocycles. The second-order valence-corrected chi connectivity index (χ2v) is 5.62. The van der Waals surface area contributed by atoms with E-state index < -0.39 is 0 Å². The highest BCUT2D eigenvalue weighted by Crippen LogP contribution is 2.38. The number of aryl methyl sites for hydroxylation is 1. The van der Waals surface area contributed by atoms with Crippen LogP contribution in [-0.4, -0.2) is 13.6 Å². The van der Waals surface area contributed by atoms with Gasteiger partial charge in [0.05, 0.1) is 0 Å². The third kappa shape index (κ3) is 3.02. The number of halogens is 1. The Morgan fingerprint density at radius 2 is 2.06 bits per heavy atom. The molecule has 0 radical (unpaired) electrons. The van der Waals surface area contributed by atoms with Gasteiger partial charge in [-0.25, -0.2) is 0 Å². The maximum atomic E-state index is 6.24. The molecule has 1 N–H and O–H groups in total. The van der Waals surface area contributed by atoms with Crippen LogP contribution in [0.25, 0.3) is 0 Å². The van der Waals surface area contributed by atoms with Gasteiger partial charge in [0.15, 0.2) is 0 Å². The largest absolute Gasteiger partial charge is 0.319 e. The lowest BCUT2D eigenvalue weighted by atomic mass is 9.75. The molecular formula is C15H22ClN. The Balaban J connectivity index is 2.20. The third-order valence-corrected chi connectivity index (χ3v) is 4.41. The van der Waals surface area contributed by atoms with Gasteiger partial charge in [0.2, 0.25) is 0 Å². The van der Waals surface area contributed by atoms with Crippen molar-refractivity contribution in [3.05, 3.63) is 34.3 Å². The predicted octanol–water partition coefficient (Wildman–Crippen LogP) is 4.14. The van der Waals surface area contributed by atoms with Gasteiger partial charge in [0.25, 0.3) is 0 Å². The molecule has 17 heavy (non-hydrogen) atoms. The SMILES string of the molecule is CNCC1CCCCC1c1ccc(C)c(Cl)c1. The van der Waals surface area contributed by atoms with Crippen molar-refractivity contribution >= 4 is 11.6 Å². The third-order valence-electron chi connectivity index (χ3n) is 4.00. The second-order valence-electron chi connectivity index (χ2n) is 5.22. The quantitative estimate of drug-likeness (QED) is 0.851. The fourth-order valence-electron chi connectivity index (χ4n) is 2.99. The van der Waals surface area contributed by atoms with E-state index in [1.54, 1.807) is 0 Å². The van der Waals surface area contributed by atoms with Crippen LogP contribution in [0.5, 0.6) is 0 Å². The van der Waals surface area contributed by atoms with Crippen molar-refractivity contribution in [2.45, 2.75) is 38.5 Å². The lowest BCUT2D eigenvalue weighted by Crippen LogP contribution is -2.27. The normalized spacial score (nSPS) is 24.9. The smallest absolute Gasteiger partial charge is 0.0438 e. The van der Waals surface area contributed by atoms with Crippen LogP contribution in [0.15, 0.2) is 18.2 Å². The first-order valence-electron chi connectivity index (χ1n) is 6.63. The zero-order chi connectivity index (χ0) is 12.3. The van der Waals surface area contributed by atoms with Crippen molar-refractivity contribution in [3.63, 3.8) is 0 Å². The monoisotopic (exact) mass is 251 g/mol. The predicted molar refractivity (Wildman–Crippen MR) is 74.8 cm³/mol. The van der Waals surface area contributed by atoms with Crippen LogP contribution >= 0.6 is 11.6 Å². The summed E-state index contributed by atoms with van der Waals surface area (Å²) in [4.78, 5) is 0. The topological polar surface area (TPSA) is 12.0 Å². The summed E-state index contributed by atoms with van der Waals surface area (Å²) < 4.78 is 0. The first-order chi connectivity index (χ1) is 8.22. The van der Waals surface area contributed by atoms with Crippen molar-refractivity contribution < 1.29 is 0 Å². The number of rotatable bonds is 3. The highest BCUT2D eigenvalue weighted by Gasteiger charge is 2.26. The van der Waals surface area contributed by atoms with Gasteiger partial charge in [-0.1, -0.05) is 36.6 Å². The van der Waals surface area contributed by atoms with Gasteiger partial charge < -0.3 is 5.32 Å². The summed E-state index contributed by atoms with van der Waals surface area (Å²) in [6, 6.07) is 6.60. The zero-order valence-corrected chi connectivity index (χ0v) is 11.6. The molecule has 1 aromatic rings. The Labute approximate surface area is 110 Å². The minimum atomic E-state index is 0.689. The van der Waals surface area contributed by atoms with Gasteiger partial charge in [0, 0.05) is 5.02 Å². The molecule has 0 aromatic heterocycles. The second kappa shape index (κ2) is 5.88. The van der Waals surface area contributed by atoms with Crippen LogP contribution in [0.1, 0.15) is 42.7 Å². The average molecular weight is 252 g/mol. The van der Waals surface area contributed by atoms with Crippen molar-refractivity contribution in [2.75, 3.05) is 13.6 Å². The minimum Gasteiger partial charge on any atom is -0.319 e. The maximum absolute atomic E-state index is 6.24. The lowest BCUT2D eigenvalue weighted by molar-refractivity contribution is 0.301. The van der Waals surface area contributed by atoms with E-state index >= 15 is 0 Å². The van der Waals surface area contributed by atoms with Gasteiger partial charge in [-0.15, -0.1) is 0 Å². The molecular weight excluding hydrogens is 230 g/mol. The van der Waals surface area contributed by atoms with E-state index in [1.807, 2.05) is 7.05 Å². The van der Waals surface area contributed by atoms with Crippen LogP contribution in [0.3, 0.4) is 0 Å². The minimum absolute atomic E-state index is 0.689. The number of nitrogens with one attached hydrogen (secondary N) is 1. The van der Waals surface area contributed by atoms with Crippen LogP contribution < -0.4 is 5.32 Å². The Morgan fingerprint density at radius 3 is 2.76 bits per heavy atom. The highest BCUT2D eigenvalue weighted by atomic mass is 35.5. The van der Waals surface area contributed by atoms with Gasteiger partial charge in [-0.05, 0) is 62.4 Å². The average Bonchev–Trinajstić information content (AvgIpc) is 2.34. The molecule has 1 fully saturated rings. The van der Waals surface area contributed by atoms with Crippen molar-refractivity contribution in [1.29, 1.82) is 0 Å². The van der Waals surface area contributed by atoms with E-state index in [-0.39, 0.29) is 0 Å². The first kappa shape index (κ1) is 12.9. The van der Waals surface area contributed by atoms with E-state index in [1.165, 1.54) is 36.8 Å². The molecule has 0 aliphatic heterocycles. The summed E-state index contributed by atoms with van der Waals surface area (Å²) in [6.07, 6.45) is 5.39. The maximum Gasteiger partial charge on any atom is 0.0438 e. The highest BCUT2D eigenvalue weighted by molar-refractivity contribution is 6.31. The summed E-state index contributed by atoms with van der Waals surface area (Å²) >= 11 is 6.24. The Bertz CT molecular complexity index is 373. The van der Waals surface area contributed by atoms with Gasteiger partial charge in [-0.3, -0.25) is 0 Å². The molecule has 1 aliphatic carbocycles. The number of hydrogen-bond donors (Lipinski definition) is 1. The fraction of sp³-hybridized carbons (Fsp3) is 0.600. The van der Waals surface area contributed by atoms with E-state index in [0.717, 1.165) is 17.5 Å². The Morgan fingerprint density at radius 1 is 1.29 bits per heavy atom. The number of hydrogen-bond acceptors (Lipinski definition) is 1.